The molecule has 0 amide bonds. The Hall–Kier alpha value is -2.33. The van der Waals surface area contributed by atoms with E-state index in [0.29, 0.717) is 16.7 Å². The summed E-state index contributed by atoms with van der Waals surface area (Å²) in [6, 6.07) is 16.8. The molecule has 4 heteroatoms. The van der Waals surface area contributed by atoms with Crippen LogP contribution in [-0.2, 0) is 0 Å². The van der Waals surface area contributed by atoms with Crippen LogP contribution in [0.3, 0.4) is 0 Å². The van der Waals surface area contributed by atoms with Gasteiger partial charge in [-0.05, 0) is 34.5 Å². The molecule has 0 spiro atoms. The van der Waals surface area contributed by atoms with E-state index in [1.54, 1.807) is 7.11 Å². The van der Waals surface area contributed by atoms with Crippen molar-refractivity contribution in [2.24, 2.45) is 0 Å². The van der Waals surface area contributed by atoms with Gasteiger partial charge in [0.25, 0.3) is 0 Å². The van der Waals surface area contributed by atoms with Gasteiger partial charge >= 0.3 is 5.97 Å². The molecule has 0 bridgehead atoms. The Balaban J connectivity index is 2.42. The van der Waals surface area contributed by atoms with Gasteiger partial charge in [-0.1, -0.05) is 52.3 Å². The third kappa shape index (κ3) is 2.46. The number of carboxylic acids is 1. The topological polar surface area (TPSA) is 46.5 Å². The second kappa shape index (κ2) is 5.81. The molecule has 0 aromatic heterocycles. The molecule has 0 saturated heterocycles. The zero-order valence-electron chi connectivity index (χ0n) is 11.8. The normalized spacial score (nSPS) is 10.6. The number of methoxy groups -OCH3 is 1. The lowest BCUT2D eigenvalue weighted by Crippen LogP contribution is -2.03. The van der Waals surface area contributed by atoms with E-state index in [1.807, 2.05) is 54.6 Å². The molecule has 3 nitrogen and oxygen atoms in total. The minimum absolute atomic E-state index is 0.261. The first-order valence-corrected chi connectivity index (χ1v) is 7.50. The maximum Gasteiger partial charge on any atom is 0.337 e. The molecule has 0 saturated carbocycles. The van der Waals surface area contributed by atoms with Crippen molar-refractivity contribution in [3.63, 3.8) is 0 Å². The van der Waals surface area contributed by atoms with Crippen molar-refractivity contribution in [2.45, 2.75) is 0 Å². The van der Waals surface area contributed by atoms with E-state index < -0.39 is 5.97 Å². The molecule has 0 aliphatic carbocycles. The highest BCUT2D eigenvalue weighted by molar-refractivity contribution is 9.10. The summed E-state index contributed by atoms with van der Waals surface area (Å²) in [4.78, 5) is 11.9. The monoisotopic (exact) mass is 356 g/mol. The van der Waals surface area contributed by atoms with Crippen LogP contribution in [-0.4, -0.2) is 18.2 Å². The van der Waals surface area contributed by atoms with Gasteiger partial charge in [0, 0.05) is 10.0 Å². The predicted molar refractivity (Wildman–Crippen MR) is 90.6 cm³/mol. The molecule has 0 atom stereocenters. The van der Waals surface area contributed by atoms with E-state index in [-0.39, 0.29) is 5.56 Å². The molecule has 0 aliphatic heterocycles. The number of carbonyl (C=O) groups is 1. The van der Waals surface area contributed by atoms with Crippen LogP contribution in [0, 0.1) is 0 Å². The average Bonchev–Trinajstić information content (AvgIpc) is 2.53. The molecule has 0 unspecified atom stereocenters. The van der Waals surface area contributed by atoms with E-state index in [1.165, 1.54) is 0 Å². The molecule has 0 radical (unpaired) electrons. The maximum atomic E-state index is 11.9. The molecular weight excluding hydrogens is 344 g/mol. The van der Waals surface area contributed by atoms with Crippen LogP contribution in [0.4, 0.5) is 0 Å². The number of hydrogen-bond donors (Lipinski definition) is 1. The summed E-state index contributed by atoms with van der Waals surface area (Å²) in [7, 11) is 1.55. The smallest absolute Gasteiger partial charge is 0.337 e. The van der Waals surface area contributed by atoms with Gasteiger partial charge in [-0.15, -0.1) is 0 Å². The number of rotatable bonds is 3. The number of hydrogen-bond acceptors (Lipinski definition) is 2. The summed E-state index contributed by atoms with van der Waals surface area (Å²) in [5, 5.41) is 11.3. The van der Waals surface area contributed by atoms with Crippen molar-refractivity contribution in [1.82, 2.24) is 0 Å². The zero-order valence-corrected chi connectivity index (χ0v) is 13.4. The molecule has 3 aromatic carbocycles. The number of halogens is 1. The Bertz CT molecular complexity index is 854. The van der Waals surface area contributed by atoms with Crippen molar-refractivity contribution in [3.05, 3.63) is 64.6 Å². The van der Waals surface area contributed by atoms with Gasteiger partial charge in [0.05, 0.1) is 12.7 Å². The quantitative estimate of drug-likeness (QED) is 0.719. The molecule has 1 N–H and O–H groups in total. The first-order valence-electron chi connectivity index (χ1n) is 6.71. The average molecular weight is 357 g/mol. The van der Waals surface area contributed by atoms with Crippen LogP contribution in [0.2, 0.25) is 0 Å². The van der Waals surface area contributed by atoms with E-state index in [2.05, 4.69) is 15.9 Å². The molecule has 22 heavy (non-hydrogen) atoms. The molecule has 3 rings (SSSR count). The SMILES string of the molecule is COc1cc2ccccc2c(C(=O)O)c1-c1ccc(Br)cc1. The highest BCUT2D eigenvalue weighted by Gasteiger charge is 2.20. The molecule has 110 valence electrons. The highest BCUT2D eigenvalue weighted by atomic mass is 79.9. The fourth-order valence-electron chi connectivity index (χ4n) is 2.61. The number of ether oxygens (including phenoxy) is 1. The molecular formula is C18H13BrO3. The van der Waals surface area contributed by atoms with E-state index in [9.17, 15) is 9.90 Å². The Morgan fingerprint density at radius 3 is 2.41 bits per heavy atom. The van der Waals surface area contributed by atoms with Crippen LogP contribution in [0.25, 0.3) is 21.9 Å². The summed E-state index contributed by atoms with van der Waals surface area (Å²) >= 11 is 3.39. The minimum atomic E-state index is -0.965. The van der Waals surface area contributed by atoms with Crippen LogP contribution >= 0.6 is 15.9 Å². The second-order valence-corrected chi connectivity index (χ2v) is 5.78. The van der Waals surface area contributed by atoms with Gasteiger partial charge in [-0.2, -0.15) is 0 Å². The van der Waals surface area contributed by atoms with E-state index in [0.717, 1.165) is 15.4 Å². The van der Waals surface area contributed by atoms with Crippen LogP contribution in [0.1, 0.15) is 10.4 Å². The van der Waals surface area contributed by atoms with Crippen molar-refractivity contribution in [3.8, 4) is 16.9 Å². The molecule has 0 fully saturated rings. The van der Waals surface area contributed by atoms with Gasteiger partial charge in [0.15, 0.2) is 0 Å². The lowest BCUT2D eigenvalue weighted by molar-refractivity contribution is 0.0699. The largest absolute Gasteiger partial charge is 0.496 e. The third-order valence-electron chi connectivity index (χ3n) is 3.58. The van der Waals surface area contributed by atoms with Crippen LogP contribution in [0.5, 0.6) is 5.75 Å². The summed E-state index contributed by atoms with van der Waals surface area (Å²) in [6.07, 6.45) is 0. The summed E-state index contributed by atoms with van der Waals surface area (Å²) in [5.74, 6) is -0.411. The lowest BCUT2D eigenvalue weighted by Gasteiger charge is -2.15. The van der Waals surface area contributed by atoms with Crippen molar-refractivity contribution in [2.75, 3.05) is 7.11 Å². The predicted octanol–water partition coefficient (Wildman–Crippen LogP) is 4.98. The fourth-order valence-corrected chi connectivity index (χ4v) is 2.87. The Morgan fingerprint density at radius 2 is 1.77 bits per heavy atom. The summed E-state index contributed by atoms with van der Waals surface area (Å²) < 4.78 is 6.39. The third-order valence-corrected chi connectivity index (χ3v) is 4.11. The minimum Gasteiger partial charge on any atom is -0.496 e. The number of fused-ring (bicyclic) bond motifs is 1. The van der Waals surface area contributed by atoms with Crippen molar-refractivity contribution < 1.29 is 14.6 Å². The molecule has 0 heterocycles. The summed E-state index contributed by atoms with van der Waals surface area (Å²) in [5.41, 5.74) is 1.67. The Kier molecular flexibility index (Phi) is 3.86. The Morgan fingerprint density at radius 1 is 1.09 bits per heavy atom. The second-order valence-electron chi connectivity index (χ2n) is 4.86. The van der Waals surface area contributed by atoms with Gasteiger partial charge < -0.3 is 9.84 Å². The Labute approximate surface area is 136 Å². The van der Waals surface area contributed by atoms with Crippen molar-refractivity contribution in [1.29, 1.82) is 0 Å². The van der Waals surface area contributed by atoms with Gasteiger partial charge in [-0.3, -0.25) is 0 Å². The zero-order chi connectivity index (χ0) is 15.7. The first-order chi connectivity index (χ1) is 10.6. The van der Waals surface area contributed by atoms with Crippen molar-refractivity contribution >= 4 is 32.7 Å². The number of benzene rings is 3. The van der Waals surface area contributed by atoms with E-state index >= 15 is 0 Å². The van der Waals surface area contributed by atoms with Gasteiger partial charge in [0.2, 0.25) is 0 Å². The van der Waals surface area contributed by atoms with Crippen LogP contribution in [0.15, 0.2) is 59.1 Å². The van der Waals surface area contributed by atoms with E-state index in [4.69, 9.17) is 4.74 Å². The lowest BCUT2D eigenvalue weighted by atomic mass is 9.93. The van der Waals surface area contributed by atoms with Gasteiger partial charge in [-0.25, -0.2) is 4.79 Å². The standard InChI is InChI=1S/C18H13BrO3/c1-22-15-10-12-4-2-3-5-14(12)17(18(20)21)16(15)11-6-8-13(19)9-7-11/h2-10H,1H3,(H,20,21). The molecule has 0 aliphatic rings. The molecule has 3 aromatic rings. The first kappa shape index (κ1) is 14.6. The fraction of sp³-hybridized carbons (Fsp3) is 0.0556. The van der Waals surface area contributed by atoms with Crippen LogP contribution < -0.4 is 4.74 Å². The number of aromatic carboxylic acids is 1. The number of carboxylic acid groups (broad SMARTS) is 1. The maximum absolute atomic E-state index is 11.9. The summed E-state index contributed by atoms with van der Waals surface area (Å²) in [6.45, 7) is 0. The van der Waals surface area contributed by atoms with Gasteiger partial charge in [0.1, 0.15) is 5.75 Å². The highest BCUT2D eigenvalue weighted by Crippen LogP contribution is 2.39.